The molecule has 0 spiro atoms. The number of esters is 1. The zero-order valence-corrected chi connectivity index (χ0v) is 21.2. The number of phenolic OH excluding ortho intramolecular Hbond substituents is 1. The third-order valence-corrected chi connectivity index (χ3v) is 6.14. The van der Waals surface area contributed by atoms with Crippen LogP contribution in [0.1, 0.15) is 34.3 Å². The van der Waals surface area contributed by atoms with E-state index in [0.29, 0.717) is 35.6 Å². The minimum absolute atomic E-state index is 0.0152. The number of phenols is 1. The molecule has 2 aromatic heterocycles. The minimum Gasteiger partial charge on any atom is -0.508 e. The summed E-state index contributed by atoms with van der Waals surface area (Å²) < 4.78 is 4.80. The molecule has 0 radical (unpaired) electrons. The van der Waals surface area contributed by atoms with E-state index in [4.69, 9.17) is 16.2 Å². The maximum atomic E-state index is 12.8. The Morgan fingerprint density at radius 1 is 1.08 bits per heavy atom. The molecule has 0 aliphatic carbocycles. The van der Waals surface area contributed by atoms with E-state index in [1.807, 2.05) is 18.3 Å². The number of fused-ring (bicyclic) bond motifs is 1. The third kappa shape index (κ3) is 6.80. The number of aromatic nitrogens is 3. The number of aryl methyl sites for hydroxylation is 2. The molecule has 0 unspecified atom stereocenters. The number of aromatic hydroxyl groups is 1. The second kappa shape index (κ2) is 11.9. The highest BCUT2D eigenvalue weighted by Crippen LogP contribution is 2.24. The van der Waals surface area contributed by atoms with E-state index in [-0.39, 0.29) is 30.4 Å². The van der Waals surface area contributed by atoms with Crippen molar-refractivity contribution in [3.63, 3.8) is 0 Å². The Hall–Kier alpha value is -5.13. The van der Waals surface area contributed by atoms with E-state index in [0.717, 1.165) is 16.5 Å². The van der Waals surface area contributed by atoms with Crippen LogP contribution in [0.25, 0.3) is 11.0 Å². The number of anilines is 3. The van der Waals surface area contributed by atoms with Crippen LogP contribution in [0.3, 0.4) is 0 Å². The number of ether oxygens (including phenoxy) is 1. The number of carbonyl (C=O) groups excluding carboxylic acids is 3. The zero-order valence-electron chi connectivity index (χ0n) is 21.2. The van der Waals surface area contributed by atoms with Gasteiger partial charge in [-0.15, -0.1) is 0 Å². The number of nitrogens with zero attached hydrogens (tertiary/aromatic N) is 2. The molecule has 0 saturated carbocycles. The Kier molecular flexibility index (Phi) is 8.24. The van der Waals surface area contributed by atoms with Gasteiger partial charge in [0.1, 0.15) is 23.3 Å². The molecule has 0 aliphatic heterocycles. The number of nitrogens with one attached hydrogen (secondary N) is 3. The van der Waals surface area contributed by atoms with Crippen LogP contribution in [0.2, 0.25) is 0 Å². The summed E-state index contributed by atoms with van der Waals surface area (Å²) in [6, 6.07) is 12.1. The molecule has 2 aromatic carbocycles. The van der Waals surface area contributed by atoms with Crippen molar-refractivity contribution in [2.45, 2.75) is 31.7 Å². The van der Waals surface area contributed by atoms with E-state index < -0.39 is 17.9 Å². The van der Waals surface area contributed by atoms with Crippen molar-refractivity contribution in [2.24, 2.45) is 0 Å². The fourth-order valence-corrected chi connectivity index (χ4v) is 4.16. The molecule has 12 heteroatoms. The number of rotatable bonds is 10. The maximum Gasteiger partial charge on any atom is 0.328 e. The molecule has 0 bridgehead atoms. The number of amides is 2. The summed E-state index contributed by atoms with van der Waals surface area (Å²) in [5.74, 6) is -1.06. The Labute approximate surface area is 223 Å². The normalized spacial score (nSPS) is 11.6. The fourth-order valence-electron chi connectivity index (χ4n) is 4.16. The van der Waals surface area contributed by atoms with Crippen molar-refractivity contribution in [3.05, 3.63) is 71.4 Å². The zero-order chi connectivity index (χ0) is 27.9. The number of hydrogen-bond donors (Lipinski definition) is 6. The van der Waals surface area contributed by atoms with Gasteiger partial charge in [-0.1, -0.05) is 18.2 Å². The predicted octanol–water partition coefficient (Wildman–Crippen LogP) is 2.30. The van der Waals surface area contributed by atoms with Gasteiger partial charge in [-0.2, -0.15) is 9.97 Å². The Balaban J connectivity index is 1.33. The van der Waals surface area contributed by atoms with Gasteiger partial charge in [0.05, 0.1) is 12.5 Å². The predicted molar refractivity (Wildman–Crippen MR) is 146 cm³/mol. The first-order valence-electron chi connectivity index (χ1n) is 12.2. The number of carbonyl (C=O) groups is 3. The van der Waals surface area contributed by atoms with Gasteiger partial charge in [0, 0.05) is 29.9 Å². The lowest BCUT2D eigenvalue weighted by Crippen LogP contribution is -2.42. The van der Waals surface area contributed by atoms with Gasteiger partial charge in [-0.3, -0.25) is 9.59 Å². The van der Waals surface area contributed by atoms with Crippen LogP contribution in [0.4, 0.5) is 17.5 Å². The molecular formula is C27H29N7O5. The summed E-state index contributed by atoms with van der Waals surface area (Å²) in [5, 5.41) is 15.5. The van der Waals surface area contributed by atoms with Gasteiger partial charge >= 0.3 is 5.97 Å². The SMILES string of the molecule is COC(=O)[C@H](CCC(=O)Nc1cccc(O)c1)NC(=O)c1ccc(CCc2c[nH]c3nc(N)nc(N)c23)cc1. The maximum absolute atomic E-state index is 12.8. The molecule has 2 heterocycles. The van der Waals surface area contributed by atoms with Crippen LogP contribution in [0, 0.1) is 0 Å². The smallest absolute Gasteiger partial charge is 0.328 e. The molecule has 1 atom stereocenters. The molecule has 0 fully saturated rings. The van der Waals surface area contributed by atoms with Crippen molar-refractivity contribution in [1.82, 2.24) is 20.3 Å². The number of H-pyrrole nitrogens is 1. The Morgan fingerprint density at radius 3 is 2.56 bits per heavy atom. The first kappa shape index (κ1) is 26.9. The van der Waals surface area contributed by atoms with E-state index in [1.54, 1.807) is 24.3 Å². The van der Waals surface area contributed by atoms with Crippen LogP contribution < -0.4 is 22.1 Å². The van der Waals surface area contributed by atoms with Crippen LogP contribution >= 0.6 is 0 Å². The molecule has 8 N–H and O–H groups in total. The Morgan fingerprint density at radius 2 is 1.85 bits per heavy atom. The fraction of sp³-hybridized carbons (Fsp3) is 0.222. The summed E-state index contributed by atoms with van der Waals surface area (Å²) in [4.78, 5) is 48.6. The average molecular weight is 532 g/mol. The molecule has 39 heavy (non-hydrogen) atoms. The number of benzene rings is 2. The largest absolute Gasteiger partial charge is 0.508 e. The summed E-state index contributed by atoms with van der Waals surface area (Å²) >= 11 is 0. The molecule has 202 valence electrons. The number of methoxy groups -OCH3 is 1. The van der Waals surface area contributed by atoms with Crippen LogP contribution in [0.5, 0.6) is 5.75 Å². The first-order chi connectivity index (χ1) is 18.7. The van der Waals surface area contributed by atoms with Crippen LogP contribution in [-0.4, -0.2) is 51.0 Å². The number of nitrogens with two attached hydrogens (primary N) is 2. The molecule has 4 aromatic rings. The molecule has 12 nitrogen and oxygen atoms in total. The van der Waals surface area contributed by atoms with Crippen molar-refractivity contribution in [3.8, 4) is 5.75 Å². The molecule has 0 aliphatic rings. The van der Waals surface area contributed by atoms with Crippen LogP contribution in [0.15, 0.2) is 54.7 Å². The van der Waals surface area contributed by atoms with E-state index in [9.17, 15) is 19.5 Å². The number of hydrogen-bond acceptors (Lipinski definition) is 9. The van der Waals surface area contributed by atoms with E-state index in [2.05, 4.69) is 25.6 Å². The van der Waals surface area contributed by atoms with Crippen LogP contribution in [-0.2, 0) is 27.2 Å². The van der Waals surface area contributed by atoms with Crippen molar-refractivity contribution in [2.75, 3.05) is 23.9 Å². The van der Waals surface area contributed by atoms with Gasteiger partial charge in [0.2, 0.25) is 11.9 Å². The van der Waals surface area contributed by atoms with Gasteiger partial charge in [0.25, 0.3) is 5.91 Å². The van der Waals surface area contributed by atoms with Gasteiger partial charge < -0.3 is 36.9 Å². The van der Waals surface area contributed by atoms with Gasteiger partial charge in [-0.25, -0.2) is 4.79 Å². The second-order valence-corrected chi connectivity index (χ2v) is 8.89. The monoisotopic (exact) mass is 531 g/mol. The van der Waals surface area contributed by atoms with E-state index >= 15 is 0 Å². The molecule has 0 saturated heterocycles. The van der Waals surface area contributed by atoms with Crippen molar-refractivity contribution < 1.29 is 24.2 Å². The highest BCUT2D eigenvalue weighted by Gasteiger charge is 2.23. The van der Waals surface area contributed by atoms with Crippen molar-refractivity contribution in [1.29, 1.82) is 0 Å². The summed E-state index contributed by atoms with van der Waals surface area (Å²) in [6.45, 7) is 0. The Bertz CT molecular complexity index is 1500. The van der Waals surface area contributed by atoms with E-state index in [1.165, 1.54) is 19.2 Å². The number of aromatic amines is 1. The molecule has 4 rings (SSSR count). The van der Waals surface area contributed by atoms with Crippen molar-refractivity contribution >= 4 is 46.3 Å². The first-order valence-corrected chi connectivity index (χ1v) is 12.2. The second-order valence-electron chi connectivity index (χ2n) is 8.89. The molecular weight excluding hydrogens is 502 g/mol. The lowest BCUT2D eigenvalue weighted by molar-refractivity contribution is -0.143. The highest BCUT2D eigenvalue weighted by molar-refractivity contribution is 5.97. The standard InChI is InChI=1S/C27H29N7O5/c1-39-26(38)20(11-12-21(36)31-18-3-2-4-19(35)13-18)32-25(37)16-8-5-15(6-9-16)7-10-17-14-30-24-22(17)23(28)33-27(29)34-24/h2-6,8-9,13-14,20,35H,7,10-12H2,1H3,(H,31,36)(H,32,37)(H5,28,29,30,33,34)/t20-/m0/s1. The summed E-state index contributed by atoms with van der Waals surface area (Å²) in [6.07, 6.45) is 3.15. The third-order valence-electron chi connectivity index (χ3n) is 6.14. The van der Waals surface area contributed by atoms with Gasteiger partial charge in [0.15, 0.2) is 0 Å². The number of nitrogen functional groups attached to an aromatic ring is 2. The summed E-state index contributed by atoms with van der Waals surface area (Å²) in [5.41, 5.74) is 15.0. The van der Waals surface area contributed by atoms with Gasteiger partial charge in [-0.05, 0) is 54.7 Å². The highest BCUT2D eigenvalue weighted by atomic mass is 16.5. The summed E-state index contributed by atoms with van der Waals surface area (Å²) in [7, 11) is 1.21. The lowest BCUT2D eigenvalue weighted by Gasteiger charge is -2.16. The average Bonchev–Trinajstić information content (AvgIpc) is 3.32. The molecule has 2 amide bonds. The lowest BCUT2D eigenvalue weighted by atomic mass is 10.0. The topological polar surface area (TPSA) is 198 Å². The minimum atomic E-state index is -1.01. The quantitative estimate of drug-likeness (QED) is 0.166.